The van der Waals surface area contributed by atoms with Gasteiger partial charge in [0.15, 0.2) is 11.1 Å². The molecule has 0 spiro atoms. The molecule has 0 amide bonds. The lowest BCUT2D eigenvalue weighted by molar-refractivity contribution is 0.477. The fraction of sp³-hybridized carbons (Fsp3) is 0.591. The predicted octanol–water partition coefficient (Wildman–Crippen LogP) is 4.58. The minimum absolute atomic E-state index is 0. The van der Waals surface area contributed by atoms with Crippen molar-refractivity contribution in [3.63, 3.8) is 0 Å². The molecular weight excluding hydrogens is 507 g/mol. The molecule has 1 aromatic carbocycles. The Hall–Kier alpha value is -1.29. The normalized spacial score (nSPS) is 11.5. The van der Waals surface area contributed by atoms with Crippen molar-refractivity contribution in [1.82, 2.24) is 25.4 Å². The number of aryl methyl sites for hydroxylation is 3. The number of nitrogens with zero attached hydrogens (tertiary/aromatic N) is 4. The molecule has 2 rings (SSSR count). The first-order valence-electron chi connectivity index (χ1n) is 10.5. The van der Waals surface area contributed by atoms with Gasteiger partial charge in [0.25, 0.3) is 0 Å². The number of hydrogen-bond acceptors (Lipinski definition) is 4. The quantitative estimate of drug-likeness (QED) is 0.151. The molecule has 0 saturated carbocycles. The third-order valence-corrected chi connectivity index (χ3v) is 5.31. The molecule has 2 N–H and O–H groups in total. The summed E-state index contributed by atoms with van der Waals surface area (Å²) in [7, 11) is 0. The van der Waals surface area contributed by atoms with Crippen LogP contribution in [0.15, 0.2) is 28.3 Å². The molecule has 0 radical (unpaired) electrons. The zero-order chi connectivity index (χ0) is 21.2. The topological polar surface area (TPSA) is 67.1 Å². The van der Waals surface area contributed by atoms with Gasteiger partial charge in [-0.3, -0.25) is 0 Å². The molecule has 0 bridgehead atoms. The largest absolute Gasteiger partial charge is 0.357 e. The van der Waals surface area contributed by atoms with Gasteiger partial charge in [-0.25, -0.2) is 4.99 Å². The number of nitrogens with one attached hydrogen (secondary N) is 2. The Labute approximate surface area is 203 Å². The van der Waals surface area contributed by atoms with Crippen LogP contribution in [0.1, 0.15) is 49.7 Å². The van der Waals surface area contributed by atoms with Gasteiger partial charge >= 0.3 is 0 Å². The highest BCUT2D eigenvalue weighted by Gasteiger charge is 2.12. The zero-order valence-corrected chi connectivity index (χ0v) is 22.3. The van der Waals surface area contributed by atoms with Crippen LogP contribution in [0.2, 0.25) is 0 Å². The average Bonchev–Trinajstić information content (AvgIpc) is 3.05. The fourth-order valence-electron chi connectivity index (χ4n) is 3.19. The van der Waals surface area contributed by atoms with E-state index in [1.54, 1.807) is 11.8 Å². The van der Waals surface area contributed by atoms with E-state index in [1.807, 2.05) is 0 Å². The summed E-state index contributed by atoms with van der Waals surface area (Å²) in [6.45, 7) is 14.2. The van der Waals surface area contributed by atoms with Crippen molar-refractivity contribution < 1.29 is 0 Å². The first-order chi connectivity index (χ1) is 13.9. The van der Waals surface area contributed by atoms with Crippen LogP contribution in [-0.4, -0.2) is 40.1 Å². The summed E-state index contributed by atoms with van der Waals surface area (Å²) in [6.07, 6.45) is 3.95. The molecule has 1 heterocycles. The van der Waals surface area contributed by atoms with E-state index < -0.39 is 0 Å². The highest BCUT2D eigenvalue weighted by Crippen LogP contribution is 2.16. The zero-order valence-electron chi connectivity index (χ0n) is 19.2. The molecule has 0 atom stereocenters. The maximum absolute atomic E-state index is 4.75. The van der Waals surface area contributed by atoms with E-state index in [0.29, 0.717) is 12.5 Å². The van der Waals surface area contributed by atoms with E-state index in [1.165, 1.54) is 16.7 Å². The van der Waals surface area contributed by atoms with Gasteiger partial charge in [-0.05, 0) is 50.5 Å². The Morgan fingerprint density at radius 1 is 1.20 bits per heavy atom. The number of hydrogen-bond donors (Lipinski definition) is 2. The number of halogens is 1. The third-order valence-electron chi connectivity index (χ3n) is 4.64. The Morgan fingerprint density at radius 2 is 1.97 bits per heavy atom. The second-order valence-electron chi connectivity index (χ2n) is 7.76. The highest BCUT2D eigenvalue weighted by molar-refractivity contribution is 14.0. The lowest BCUT2D eigenvalue weighted by Crippen LogP contribution is -2.38. The van der Waals surface area contributed by atoms with Gasteiger partial charge in [0.05, 0.1) is 6.54 Å². The molecule has 0 saturated heterocycles. The van der Waals surface area contributed by atoms with Crippen molar-refractivity contribution in [3.8, 4) is 0 Å². The van der Waals surface area contributed by atoms with E-state index in [4.69, 9.17) is 4.99 Å². The molecular formula is C22H37IN6S. The second-order valence-corrected chi connectivity index (χ2v) is 8.54. The van der Waals surface area contributed by atoms with E-state index in [0.717, 1.165) is 49.4 Å². The molecule has 6 nitrogen and oxygen atoms in total. The van der Waals surface area contributed by atoms with Gasteiger partial charge in [0, 0.05) is 26.1 Å². The number of aromatic nitrogens is 3. The van der Waals surface area contributed by atoms with Crippen LogP contribution in [0, 0.1) is 19.8 Å². The Balaban J connectivity index is 0.00000450. The highest BCUT2D eigenvalue weighted by atomic mass is 127. The summed E-state index contributed by atoms with van der Waals surface area (Å²) in [4.78, 5) is 4.75. The molecule has 2 aromatic rings. The van der Waals surface area contributed by atoms with Crippen LogP contribution in [0.3, 0.4) is 0 Å². The fourth-order valence-corrected chi connectivity index (χ4v) is 3.71. The first-order valence-corrected chi connectivity index (χ1v) is 11.7. The standard InChI is InChI=1S/C22H36N6S.HI/c1-7-23-21(25-14-19-11-10-17(4)13-18(19)5)24-12-8-9-20-26-27-22(29-6)28(20)15-16(2)3;/h10-11,13,16H,7-9,12,14-15H2,1-6H3,(H2,23,24,25);1H. The molecule has 30 heavy (non-hydrogen) atoms. The maximum Gasteiger partial charge on any atom is 0.191 e. The second kappa shape index (κ2) is 13.9. The lowest BCUT2D eigenvalue weighted by atomic mass is 10.1. The van der Waals surface area contributed by atoms with Crippen LogP contribution in [0.5, 0.6) is 0 Å². The molecule has 0 aliphatic heterocycles. The van der Waals surface area contributed by atoms with Gasteiger partial charge < -0.3 is 15.2 Å². The number of benzene rings is 1. The summed E-state index contributed by atoms with van der Waals surface area (Å²) in [6, 6.07) is 6.53. The lowest BCUT2D eigenvalue weighted by Gasteiger charge is -2.13. The van der Waals surface area contributed by atoms with Crippen molar-refractivity contribution in [1.29, 1.82) is 0 Å². The minimum atomic E-state index is 0. The van der Waals surface area contributed by atoms with E-state index in [9.17, 15) is 0 Å². The number of guanidine groups is 1. The van der Waals surface area contributed by atoms with Crippen molar-refractivity contribution in [2.24, 2.45) is 10.9 Å². The summed E-state index contributed by atoms with van der Waals surface area (Å²) < 4.78 is 2.26. The summed E-state index contributed by atoms with van der Waals surface area (Å²) >= 11 is 1.66. The predicted molar refractivity (Wildman–Crippen MR) is 139 cm³/mol. The van der Waals surface area contributed by atoms with Crippen LogP contribution in [-0.2, 0) is 19.5 Å². The van der Waals surface area contributed by atoms with Gasteiger partial charge in [-0.15, -0.1) is 34.2 Å². The van der Waals surface area contributed by atoms with Gasteiger partial charge in [-0.1, -0.05) is 49.4 Å². The SMILES string of the molecule is CCNC(=NCc1ccc(C)cc1C)NCCCc1nnc(SC)n1CC(C)C.I. The van der Waals surface area contributed by atoms with Crippen LogP contribution < -0.4 is 10.6 Å². The Morgan fingerprint density at radius 3 is 2.60 bits per heavy atom. The molecule has 0 fully saturated rings. The molecule has 168 valence electrons. The van der Waals surface area contributed by atoms with Crippen LogP contribution in [0.25, 0.3) is 0 Å². The van der Waals surface area contributed by atoms with Gasteiger partial charge in [0.1, 0.15) is 5.82 Å². The minimum Gasteiger partial charge on any atom is -0.357 e. The van der Waals surface area contributed by atoms with Crippen molar-refractivity contribution in [3.05, 3.63) is 40.7 Å². The third kappa shape index (κ3) is 8.45. The summed E-state index contributed by atoms with van der Waals surface area (Å²) in [5, 5.41) is 16.5. The van der Waals surface area contributed by atoms with Crippen LogP contribution >= 0.6 is 35.7 Å². The molecule has 0 unspecified atom stereocenters. The maximum atomic E-state index is 4.75. The molecule has 0 aliphatic rings. The van der Waals surface area contributed by atoms with E-state index in [2.05, 4.69) is 84.5 Å². The van der Waals surface area contributed by atoms with Crippen molar-refractivity contribution in [2.45, 2.75) is 65.7 Å². The van der Waals surface area contributed by atoms with Gasteiger partial charge in [0.2, 0.25) is 0 Å². The van der Waals surface area contributed by atoms with Crippen LogP contribution in [0.4, 0.5) is 0 Å². The monoisotopic (exact) mass is 544 g/mol. The average molecular weight is 545 g/mol. The molecule has 1 aromatic heterocycles. The first kappa shape index (κ1) is 26.7. The smallest absolute Gasteiger partial charge is 0.191 e. The summed E-state index contributed by atoms with van der Waals surface area (Å²) in [5.74, 6) is 2.51. The Bertz CT molecular complexity index is 803. The molecule has 0 aliphatic carbocycles. The summed E-state index contributed by atoms with van der Waals surface area (Å²) in [5.41, 5.74) is 3.84. The Kier molecular flexibility index (Phi) is 12.4. The number of rotatable bonds is 10. The van der Waals surface area contributed by atoms with Crippen molar-refractivity contribution in [2.75, 3.05) is 19.3 Å². The number of thioether (sulfide) groups is 1. The van der Waals surface area contributed by atoms with Gasteiger partial charge in [-0.2, -0.15) is 0 Å². The van der Waals surface area contributed by atoms with E-state index >= 15 is 0 Å². The molecule has 8 heteroatoms. The van der Waals surface area contributed by atoms with E-state index in [-0.39, 0.29) is 24.0 Å². The number of aliphatic imine (C=N–C) groups is 1. The van der Waals surface area contributed by atoms with Crippen molar-refractivity contribution >= 4 is 41.7 Å².